The van der Waals surface area contributed by atoms with Crippen molar-refractivity contribution in [2.45, 2.75) is 65.1 Å². The fourth-order valence-electron chi connectivity index (χ4n) is 5.04. The molecule has 0 saturated carbocycles. The number of aromatic nitrogens is 2. The summed E-state index contributed by atoms with van der Waals surface area (Å²) in [6.07, 6.45) is -0.715. The van der Waals surface area contributed by atoms with E-state index in [-0.39, 0.29) is 29.8 Å². The Bertz CT molecular complexity index is 1660. The summed E-state index contributed by atoms with van der Waals surface area (Å²) in [5, 5.41) is 2.97. The molecule has 0 aliphatic carbocycles. The van der Waals surface area contributed by atoms with E-state index >= 15 is 0 Å². The Labute approximate surface area is 265 Å². The molecule has 0 bridgehead atoms. The Balaban J connectivity index is 1.56. The minimum atomic E-state index is -1.17. The summed E-state index contributed by atoms with van der Waals surface area (Å²) < 4.78 is 14.1. The van der Waals surface area contributed by atoms with E-state index in [4.69, 9.17) is 21.1 Å². The van der Waals surface area contributed by atoms with E-state index in [0.29, 0.717) is 23.0 Å². The summed E-state index contributed by atoms with van der Waals surface area (Å²) in [5.74, 6) is -1.83. The first-order chi connectivity index (χ1) is 21.2. The summed E-state index contributed by atoms with van der Waals surface area (Å²) in [6.45, 7) is 8.72. The Kier molecular flexibility index (Phi) is 9.91. The van der Waals surface area contributed by atoms with Crippen LogP contribution in [-0.4, -0.2) is 62.4 Å². The van der Waals surface area contributed by atoms with Crippen molar-refractivity contribution >= 4 is 41.1 Å². The monoisotopic (exact) mass is 640 g/mol. The maximum atomic E-state index is 13.7. The molecule has 2 aromatic carbocycles. The minimum Gasteiger partial charge on any atom is -0.493 e. The number of hydrazine groups is 1. The van der Waals surface area contributed by atoms with Crippen LogP contribution < -0.4 is 26.5 Å². The van der Waals surface area contributed by atoms with Crippen LogP contribution in [0.4, 0.5) is 10.5 Å². The molecule has 0 unspecified atom stereocenters. The highest BCUT2D eigenvalue weighted by molar-refractivity contribution is 6.31. The highest BCUT2D eigenvalue weighted by atomic mass is 35.5. The summed E-state index contributed by atoms with van der Waals surface area (Å²) in [6, 6.07) is 11.1. The molecule has 45 heavy (non-hydrogen) atoms. The SMILES string of the molecule is CCOc1ccc(Cl)cc1C(=O)NNC(=O)[C@H]1CC[C@@H](C(=O)Nc2c(C)n(C)n(-c3ccccc3)c2=O)N1C(=O)OC(C)(C)C. The number of nitrogens with one attached hydrogen (secondary N) is 3. The van der Waals surface area contributed by atoms with Gasteiger partial charge in [0.25, 0.3) is 17.4 Å². The third kappa shape index (κ3) is 7.31. The fraction of sp³-hybridized carbons (Fsp3) is 0.387. The summed E-state index contributed by atoms with van der Waals surface area (Å²) in [5.41, 5.74) is 4.51. The van der Waals surface area contributed by atoms with Crippen LogP contribution in [0.1, 0.15) is 56.6 Å². The molecule has 1 fully saturated rings. The van der Waals surface area contributed by atoms with Gasteiger partial charge < -0.3 is 14.8 Å². The lowest BCUT2D eigenvalue weighted by atomic mass is 10.2. The fourth-order valence-corrected chi connectivity index (χ4v) is 5.22. The molecule has 0 spiro atoms. The Morgan fingerprint density at radius 3 is 2.24 bits per heavy atom. The quantitative estimate of drug-likeness (QED) is 0.333. The number of hydrogen-bond donors (Lipinski definition) is 3. The van der Waals surface area contributed by atoms with Crippen molar-refractivity contribution < 1.29 is 28.7 Å². The molecule has 0 radical (unpaired) electrons. The van der Waals surface area contributed by atoms with Crippen LogP contribution in [0.15, 0.2) is 53.3 Å². The topological polar surface area (TPSA) is 153 Å². The molecule has 240 valence electrons. The number of halogens is 1. The van der Waals surface area contributed by atoms with Crippen LogP contribution in [-0.2, 0) is 21.4 Å². The van der Waals surface area contributed by atoms with Crippen LogP contribution in [0.2, 0.25) is 5.02 Å². The summed E-state index contributed by atoms with van der Waals surface area (Å²) in [7, 11) is 1.69. The average molecular weight is 641 g/mol. The number of nitrogens with zero attached hydrogens (tertiary/aromatic N) is 3. The molecular formula is C31H37ClN6O7. The van der Waals surface area contributed by atoms with Gasteiger partial charge in [-0.1, -0.05) is 29.8 Å². The number of carbonyl (C=O) groups excluding carboxylic acids is 4. The standard InChI is InChI=1S/C31H37ClN6O7/c1-7-44-24-16-13-19(32)17-21(24)26(39)34-35-28(41)23-15-14-22(37(23)30(43)45-31(3,4)5)27(40)33-25-18(2)36(6)38(29(25)42)20-11-9-8-10-12-20/h8-13,16-17,22-23H,7,14-15H2,1-6H3,(H,33,40)(H,34,39)(H,35,41)/t22-,23+/m0/s1. The second-order valence-corrected chi connectivity index (χ2v) is 11.9. The Morgan fingerprint density at radius 2 is 1.62 bits per heavy atom. The number of para-hydroxylation sites is 1. The number of rotatable bonds is 7. The number of likely N-dealkylation sites (tertiary alicyclic amines) is 1. The lowest BCUT2D eigenvalue weighted by molar-refractivity contribution is -0.128. The molecule has 2 atom stereocenters. The molecule has 1 aliphatic heterocycles. The number of ether oxygens (including phenoxy) is 2. The molecule has 3 aromatic rings. The highest BCUT2D eigenvalue weighted by Gasteiger charge is 2.46. The lowest BCUT2D eigenvalue weighted by Crippen LogP contribution is -2.55. The molecule has 1 saturated heterocycles. The van der Waals surface area contributed by atoms with E-state index in [1.165, 1.54) is 16.8 Å². The van der Waals surface area contributed by atoms with E-state index in [1.54, 1.807) is 76.7 Å². The van der Waals surface area contributed by atoms with Gasteiger partial charge in [-0.15, -0.1) is 0 Å². The molecular weight excluding hydrogens is 604 g/mol. The average Bonchev–Trinajstić information content (AvgIpc) is 3.52. The zero-order valence-corrected chi connectivity index (χ0v) is 26.7. The molecule has 14 heteroatoms. The van der Waals surface area contributed by atoms with E-state index in [9.17, 15) is 24.0 Å². The van der Waals surface area contributed by atoms with Crippen molar-refractivity contribution in [3.05, 3.63) is 75.2 Å². The predicted molar refractivity (Wildman–Crippen MR) is 167 cm³/mol. The Morgan fingerprint density at radius 1 is 0.978 bits per heavy atom. The highest BCUT2D eigenvalue weighted by Crippen LogP contribution is 2.29. The van der Waals surface area contributed by atoms with Gasteiger partial charge in [0.15, 0.2) is 0 Å². The number of amides is 4. The van der Waals surface area contributed by atoms with Gasteiger partial charge in [-0.05, 0) is 77.8 Å². The summed E-state index contributed by atoms with van der Waals surface area (Å²) >= 11 is 6.06. The van der Waals surface area contributed by atoms with Gasteiger partial charge in [0.05, 0.1) is 23.6 Å². The van der Waals surface area contributed by atoms with Crippen LogP contribution in [0.25, 0.3) is 5.69 Å². The molecule has 1 aromatic heterocycles. The maximum absolute atomic E-state index is 13.7. The first-order valence-corrected chi connectivity index (χ1v) is 14.8. The first-order valence-electron chi connectivity index (χ1n) is 14.4. The van der Waals surface area contributed by atoms with Crippen molar-refractivity contribution in [3.63, 3.8) is 0 Å². The smallest absolute Gasteiger partial charge is 0.411 e. The number of carbonyl (C=O) groups is 4. The van der Waals surface area contributed by atoms with Crippen LogP contribution in [0.5, 0.6) is 5.75 Å². The van der Waals surface area contributed by atoms with Crippen LogP contribution >= 0.6 is 11.6 Å². The number of benzene rings is 2. The van der Waals surface area contributed by atoms with E-state index in [0.717, 1.165) is 4.90 Å². The number of hydrogen-bond acceptors (Lipinski definition) is 7. The van der Waals surface area contributed by atoms with Crippen molar-refractivity contribution in [2.24, 2.45) is 7.05 Å². The minimum absolute atomic E-state index is 0.0438. The predicted octanol–water partition coefficient (Wildman–Crippen LogP) is 3.70. The molecule has 13 nitrogen and oxygen atoms in total. The van der Waals surface area contributed by atoms with Crippen molar-refractivity contribution in [3.8, 4) is 11.4 Å². The van der Waals surface area contributed by atoms with E-state index in [1.807, 2.05) is 6.07 Å². The number of anilines is 1. The zero-order chi connectivity index (χ0) is 33.1. The molecule has 3 N–H and O–H groups in total. The zero-order valence-electron chi connectivity index (χ0n) is 26.0. The molecule has 4 rings (SSSR count). The molecule has 4 amide bonds. The van der Waals surface area contributed by atoms with Gasteiger partial charge in [0, 0.05) is 12.1 Å². The van der Waals surface area contributed by atoms with Crippen LogP contribution in [0.3, 0.4) is 0 Å². The first kappa shape index (κ1) is 33.1. The van der Waals surface area contributed by atoms with Gasteiger partial charge in [-0.25, -0.2) is 9.48 Å². The molecule has 2 heterocycles. The normalized spacial score (nSPS) is 16.2. The summed E-state index contributed by atoms with van der Waals surface area (Å²) in [4.78, 5) is 67.8. The van der Waals surface area contributed by atoms with Gasteiger partial charge in [0.2, 0.25) is 5.91 Å². The van der Waals surface area contributed by atoms with Crippen molar-refractivity contribution in [1.82, 2.24) is 25.1 Å². The van der Waals surface area contributed by atoms with Crippen molar-refractivity contribution in [2.75, 3.05) is 11.9 Å². The van der Waals surface area contributed by atoms with E-state index in [2.05, 4.69) is 16.2 Å². The van der Waals surface area contributed by atoms with Crippen molar-refractivity contribution in [1.29, 1.82) is 0 Å². The Hall–Kier alpha value is -4.78. The largest absolute Gasteiger partial charge is 0.493 e. The van der Waals surface area contributed by atoms with Gasteiger partial charge in [-0.2, -0.15) is 0 Å². The van der Waals surface area contributed by atoms with Gasteiger partial charge in [-0.3, -0.25) is 39.6 Å². The lowest BCUT2D eigenvalue weighted by Gasteiger charge is -2.31. The van der Waals surface area contributed by atoms with Gasteiger partial charge in [0.1, 0.15) is 29.1 Å². The van der Waals surface area contributed by atoms with Gasteiger partial charge >= 0.3 is 6.09 Å². The second-order valence-electron chi connectivity index (χ2n) is 11.4. The maximum Gasteiger partial charge on any atom is 0.411 e. The van der Waals surface area contributed by atoms with E-state index < -0.39 is 47.1 Å². The second kappa shape index (κ2) is 13.5. The third-order valence-electron chi connectivity index (χ3n) is 7.18. The third-order valence-corrected chi connectivity index (χ3v) is 7.42. The molecule has 1 aliphatic rings. The van der Waals surface area contributed by atoms with Crippen LogP contribution in [0, 0.1) is 6.92 Å².